The molecule has 0 amide bonds. The zero-order valence-electron chi connectivity index (χ0n) is 10.4. The molecule has 0 radical (unpaired) electrons. The first-order valence-electron chi connectivity index (χ1n) is 5.99. The Morgan fingerprint density at radius 3 is 2.55 bits per heavy atom. The van der Waals surface area contributed by atoms with Crippen LogP contribution in [0.15, 0.2) is 42.6 Å². The fourth-order valence-electron chi connectivity index (χ4n) is 1.72. The van der Waals surface area contributed by atoms with Gasteiger partial charge >= 0.3 is 6.98 Å². The Bertz CT molecular complexity index is 574. The molecule has 1 aromatic heterocycles. The molecule has 0 aliphatic rings. The Balaban J connectivity index is 2.06. The van der Waals surface area contributed by atoms with E-state index in [9.17, 15) is 17.3 Å². The molecule has 7 heteroatoms. The van der Waals surface area contributed by atoms with Gasteiger partial charge in [-0.15, -0.1) is 0 Å². The first kappa shape index (κ1) is 14.4. The number of rotatable bonds is 5. The molecule has 0 aliphatic carbocycles. The molecule has 0 atom stereocenters. The van der Waals surface area contributed by atoms with Gasteiger partial charge < -0.3 is 17.7 Å². The van der Waals surface area contributed by atoms with Gasteiger partial charge in [-0.3, -0.25) is 4.98 Å². The summed E-state index contributed by atoms with van der Waals surface area (Å²) in [4.78, 5) is 4.04. The molecule has 0 saturated carbocycles. The highest BCUT2D eigenvalue weighted by Crippen LogP contribution is 2.19. The predicted octanol–water partition coefficient (Wildman–Crippen LogP) is 2.90. The fraction of sp³-hybridized carbons (Fsp3) is 0.154. The summed E-state index contributed by atoms with van der Waals surface area (Å²) in [7, 11) is 0. The maximum Gasteiger partial charge on any atom is 0.513 e. The number of hydrogen-bond acceptors (Lipinski definition) is 2. The minimum atomic E-state index is -5.31. The number of nitrogens with zero attached hydrogens (tertiary/aromatic N) is 1. The first-order valence-corrected chi connectivity index (χ1v) is 5.99. The van der Waals surface area contributed by atoms with Crippen LogP contribution >= 0.6 is 0 Å². The maximum atomic E-state index is 12.9. The summed E-state index contributed by atoms with van der Waals surface area (Å²) >= 11 is 0. The summed E-state index contributed by atoms with van der Waals surface area (Å²) in [5.74, 6) is -1.29. The number of benzene rings is 1. The van der Waals surface area contributed by atoms with Crippen molar-refractivity contribution in [2.24, 2.45) is 0 Å². The van der Waals surface area contributed by atoms with Gasteiger partial charge in [0.1, 0.15) is 5.82 Å². The normalized spacial score (nSPS) is 11.4. The Kier molecular flexibility index (Phi) is 4.27. The number of hydrogen-bond donors (Lipinski definition) is 0. The van der Waals surface area contributed by atoms with Crippen molar-refractivity contribution < 1.29 is 22.1 Å². The van der Waals surface area contributed by atoms with Gasteiger partial charge in [-0.25, -0.2) is 4.39 Å². The maximum absolute atomic E-state index is 12.9. The minimum Gasteiger partial charge on any atom is -0.496 e. The molecule has 20 heavy (non-hydrogen) atoms. The van der Waals surface area contributed by atoms with Gasteiger partial charge in [0.05, 0.1) is 12.4 Å². The minimum absolute atomic E-state index is 0.0435. The molecular weight excluding hydrogens is 273 g/mol. The highest BCUT2D eigenvalue weighted by molar-refractivity contribution is 6.74. The first-order chi connectivity index (χ1) is 9.47. The van der Waals surface area contributed by atoms with Crippen LogP contribution in [0, 0.1) is 5.82 Å². The lowest BCUT2D eigenvalue weighted by Crippen LogP contribution is -2.35. The van der Waals surface area contributed by atoms with Gasteiger partial charge in [0.2, 0.25) is 0 Å². The molecular formula is C13H11BF4NO-. The summed E-state index contributed by atoms with van der Waals surface area (Å²) in [5.41, 5.74) is -0.334. The van der Waals surface area contributed by atoms with Crippen LogP contribution in [0.4, 0.5) is 17.3 Å². The van der Waals surface area contributed by atoms with Crippen molar-refractivity contribution in [3.05, 3.63) is 54.1 Å². The Morgan fingerprint density at radius 1 is 1.10 bits per heavy atom. The number of aromatic nitrogens is 1. The van der Waals surface area contributed by atoms with Crippen molar-refractivity contribution in [3.8, 4) is 5.75 Å². The third-order valence-corrected chi connectivity index (χ3v) is 2.67. The van der Waals surface area contributed by atoms with Crippen LogP contribution in [-0.4, -0.2) is 18.6 Å². The largest absolute Gasteiger partial charge is 0.513 e. The second kappa shape index (κ2) is 5.94. The average Bonchev–Trinajstić information content (AvgIpc) is 2.40. The van der Waals surface area contributed by atoms with E-state index in [0.29, 0.717) is 18.2 Å². The summed E-state index contributed by atoms with van der Waals surface area (Å²) in [6.07, 6.45) is 1.97. The van der Waals surface area contributed by atoms with Crippen LogP contribution in [0.25, 0.3) is 0 Å². The van der Waals surface area contributed by atoms with Crippen molar-refractivity contribution in [2.45, 2.75) is 6.42 Å². The van der Waals surface area contributed by atoms with E-state index in [0.717, 1.165) is 12.1 Å². The number of pyridine rings is 1. The van der Waals surface area contributed by atoms with Crippen LogP contribution in [0.5, 0.6) is 5.75 Å². The third kappa shape index (κ3) is 3.72. The molecule has 0 saturated heterocycles. The lowest BCUT2D eigenvalue weighted by Gasteiger charge is -2.19. The average molecular weight is 284 g/mol. The van der Waals surface area contributed by atoms with E-state index < -0.39 is 18.3 Å². The highest BCUT2D eigenvalue weighted by Gasteiger charge is 2.29. The van der Waals surface area contributed by atoms with Crippen LogP contribution in [0.1, 0.15) is 5.69 Å². The molecule has 2 nitrogen and oxygen atoms in total. The van der Waals surface area contributed by atoms with Gasteiger partial charge in [-0.05, 0) is 30.3 Å². The molecule has 2 aromatic rings. The second-order valence-corrected chi connectivity index (χ2v) is 4.18. The second-order valence-electron chi connectivity index (χ2n) is 4.18. The smallest absolute Gasteiger partial charge is 0.496 e. The zero-order chi connectivity index (χ0) is 14.6. The van der Waals surface area contributed by atoms with Crippen molar-refractivity contribution >= 4 is 12.4 Å². The molecule has 0 fully saturated rings. The van der Waals surface area contributed by atoms with Gasteiger partial charge in [-0.1, -0.05) is 11.5 Å². The van der Waals surface area contributed by atoms with Crippen molar-refractivity contribution in [1.82, 2.24) is 4.98 Å². The SMILES string of the molecule is Fc1ccc(OCCc2ccccn2)c([B-](F)(F)F)c1. The standard InChI is InChI=1S/C13H11BF4NO/c15-10-4-5-13(12(9-10)14(16,17)18)20-8-6-11-3-1-2-7-19-11/h1-5,7,9H,6,8H2/q-1. The lowest BCUT2D eigenvalue weighted by molar-refractivity contribution is 0.320. The summed E-state index contributed by atoms with van der Waals surface area (Å²) in [6.45, 7) is -5.27. The molecule has 0 aliphatic heterocycles. The molecule has 106 valence electrons. The van der Waals surface area contributed by atoms with Crippen LogP contribution in [0.2, 0.25) is 0 Å². The van der Waals surface area contributed by atoms with Gasteiger partial charge in [0, 0.05) is 18.3 Å². The molecule has 0 unspecified atom stereocenters. The molecule has 0 bridgehead atoms. The Labute approximate surface area is 113 Å². The van der Waals surface area contributed by atoms with E-state index in [1.807, 2.05) is 0 Å². The Morgan fingerprint density at radius 2 is 1.90 bits per heavy atom. The molecule has 1 heterocycles. The van der Waals surface area contributed by atoms with Crippen molar-refractivity contribution in [2.75, 3.05) is 6.61 Å². The van der Waals surface area contributed by atoms with E-state index in [2.05, 4.69) is 4.98 Å². The van der Waals surface area contributed by atoms with E-state index in [-0.39, 0.29) is 12.4 Å². The zero-order valence-corrected chi connectivity index (χ0v) is 10.4. The van der Waals surface area contributed by atoms with Crippen molar-refractivity contribution in [1.29, 1.82) is 0 Å². The summed E-state index contributed by atoms with van der Waals surface area (Å²) in [5, 5.41) is 0. The highest BCUT2D eigenvalue weighted by atomic mass is 19.4. The van der Waals surface area contributed by atoms with Gasteiger partial charge in [0.15, 0.2) is 0 Å². The van der Waals surface area contributed by atoms with E-state index >= 15 is 0 Å². The van der Waals surface area contributed by atoms with Crippen LogP contribution in [0.3, 0.4) is 0 Å². The van der Waals surface area contributed by atoms with Gasteiger partial charge in [-0.2, -0.15) is 0 Å². The quantitative estimate of drug-likeness (QED) is 0.622. The number of halogens is 4. The molecule has 1 aromatic carbocycles. The monoisotopic (exact) mass is 284 g/mol. The topological polar surface area (TPSA) is 22.1 Å². The van der Waals surface area contributed by atoms with Gasteiger partial charge in [0.25, 0.3) is 0 Å². The third-order valence-electron chi connectivity index (χ3n) is 2.67. The van der Waals surface area contributed by atoms with E-state index in [4.69, 9.17) is 4.74 Å². The molecule has 2 rings (SSSR count). The molecule has 0 spiro atoms. The predicted molar refractivity (Wildman–Crippen MR) is 68.5 cm³/mol. The summed E-state index contributed by atoms with van der Waals surface area (Å²) < 4.78 is 56.4. The van der Waals surface area contributed by atoms with Crippen molar-refractivity contribution in [3.63, 3.8) is 0 Å². The van der Waals surface area contributed by atoms with E-state index in [1.54, 1.807) is 24.4 Å². The number of ether oxygens (including phenoxy) is 1. The summed E-state index contributed by atoms with van der Waals surface area (Å²) in [6, 6.07) is 7.68. The molecule has 0 N–H and O–H groups in total. The van der Waals surface area contributed by atoms with E-state index in [1.165, 1.54) is 0 Å². The fourth-order valence-corrected chi connectivity index (χ4v) is 1.72. The Hall–Kier alpha value is -2.05. The lowest BCUT2D eigenvalue weighted by atomic mass is 9.79. The van der Waals surface area contributed by atoms with Crippen LogP contribution < -0.4 is 10.2 Å². The van der Waals surface area contributed by atoms with Crippen LogP contribution in [-0.2, 0) is 6.42 Å².